The second-order valence-electron chi connectivity index (χ2n) is 3.75. The number of rotatable bonds is 0. The summed E-state index contributed by atoms with van der Waals surface area (Å²) in [4.78, 5) is 0. The predicted molar refractivity (Wildman–Crippen MR) is 44.8 cm³/mol. The standard InChI is InChI=1S/C9H15F2N/c1-6-3-4-7(2)8(12)9(10,11)5-6/h6H,3-5,12H2,1-2H3. The first-order valence-electron chi connectivity index (χ1n) is 4.27. The van der Waals surface area contributed by atoms with Gasteiger partial charge in [-0.15, -0.1) is 0 Å². The van der Waals surface area contributed by atoms with Gasteiger partial charge < -0.3 is 5.73 Å². The van der Waals surface area contributed by atoms with Gasteiger partial charge >= 0.3 is 0 Å². The van der Waals surface area contributed by atoms with E-state index in [4.69, 9.17) is 5.73 Å². The summed E-state index contributed by atoms with van der Waals surface area (Å²) in [7, 11) is 0. The third kappa shape index (κ3) is 1.76. The Hall–Kier alpha value is -0.600. The fraction of sp³-hybridized carbons (Fsp3) is 0.778. The van der Waals surface area contributed by atoms with Crippen molar-refractivity contribution in [2.75, 3.05) is 0 Å². The van der Waals surface area contributed by atoms with Crippen molar-refractivity contribution in [3.63, 3.8) is 0 Å². The fourth-order valence-corrected chi connectivity index (χ4v) is 1.56. The molecule has 1 nitrogen and oxygen atoms in total. The minimum atomic E-state index is -2.78. The number of hydrogen-bond acceptors (Lipinski definition) is 1. The van der Waals surface area contributed by atoms with Crippen LogP contribution < -0.4 is 5.73 Å². The van der Waals surface area contributed by atoms with Crippen molar-refractivity contribution in [3.05, 3.63) is 11.3 Å². The minimum absolute atomic E-state index is 0.0657. The quantitative estimate of drug-likeness (QED) is 0.601. The second kappa shape index (κ2) is 3.04. The number of nitrogens with two attached hydrogens (primary N) is 1. The van der Waals surface area contributed by atoms with E-state index in [1.807, 2.05) is 6.92 Å². The van der Waals surface area contributed by atoms with E-state index in [1.165, 1.54) is 0 Å². The van der Waals surface area contributed by atoms with Crippen LogP contribution in [0.5, 0.6) is 0 Å². The Morgan fingerprint density at radius 2 is 2.08 bits per heavy atom. The highest BCUT2D eigenvalue weighted by Crippen LogP contribution is 2.36. The van der Waals surface area contributed by atoms with Crippen molar-refractivity contribution in [1.82, 2.24) is 0 Å². The maximum Gasteiger partial charge on any atom is 0.287 e. The highest BCUT2D eigenvalue weighted by Gasteiger charge is 2.37. The molecular weight excluding hydrogens is 160 g/mol. The zero-order valence-corrected chi connectivity index (χ0v) is 7.53. The second-order valence-corrected chi connectivity index (χ2v) is 3.75. The van der Waals surface area contributed by atoms with E-state index in [0.29, 0.717) is 12.0 Å². The van der Waals surface area contributed by atoms with E-state index in [2.05, 4.69) is 0 Å². The van der Waals surface area contributed by atoms with Crippen LogP contribution in [-0.2, 0) is 0 Å². The molecular formula is C9H15F2N. The molecule has 0 fully saturated rings. The molecule has 0 aromatic carbocycles. The lowest BCUT2D eigenvalue weighted by atomic mass is 10.0. The Bertz CT molecular complexity index is 209. The normalized spacial score (nSPS) is 30.2. The topological polar surface area (TPSA) is 26.0 Å². The lowest BCUT2D eigenvalue weighted by Crippen LogP contribution is -2.27. The minimum Gasteiger partial charge on any atom is -0.397 e. The first-order valence-corrected chi connectivity index (χ1v) is 4.27. The monoisotopic (exact) mass is 175 g/mol. The van der Waals surface area contributed by atoms with Gasteiger partial charge in [-0.25, -0.2) is 0 Å². The number of allylic oxidation sites excluding steroid dienone is 2. The molecule has 0 aromatic heterocycles. The van der Waals surface area contributed by atoms with E-state index in [0.717, 1.165) is 6.42 Å². The van der Waals surface area contributed by atoms with Gasteiger partial charge in [-0.05, 0) is 31.3 Å². The highest BCUT2D eigenvalue weighted by molar-refractivity contribution is 5.18. The number of hydrogen-bond donors (Lipinski definition) is 1. The SMILES string of the molecule is CC1=C(N)C(F)(F)CC(C)CC1. The van der Waals surface area contributed by atoms with E-state index < -0.39 is 5.92 Å². The van der Waals surface area contributed by atoms with Gasteiger partial charge in [0, 0.05) is 6.42 Å². The lowest BCUT2D eigenvalue weighted by molar-refractivity contribution is 0.0175. The Balaban J connectivity index is 2.90. The molecule has 0 saturated heterocycles. The van der Waals surface area contributed by atoms with Gasteiger partial charge in [-0.3, -0.25) is 0 Å². The molecule has 0 radical (unpaired) electrons. The van der Waals surface area contributed by atoms with E-state index >= 15 is 0 Å². The molecule has 1 aliphatic carbocycles. The molecule has 0 aliphatic heterocycles. The van der Waals surface area contributed by atoms with Crippen molar-refractivity contribution in [1.29, 1.82) is 0 Å². The fourth-order valence-electron chi connectivity index (χ4n) is 1.56. The first kappa shape index (κ1) is 9.49. The Kier molecular flexibility index (Phi) is 2.40. The Labute approximate surface area is 71.6 Å². The molecule has 0 amide bonds. The maximum atomic E-state index is 13.2. The number of halogens is 2. The summed E-state index contributed by atoms with van der Waals surface area (Å²) < 4.78 is 26.4. The van der Waals surface area contributed by atoms with E-state index in [9.17, 15) is 8.78 Å². The summed E-state index contributed by atoms with van der Waals surface area (Å²) >= 11 is 0. The summed E-state index contributed by atoms with van der Waals surface area (Å²) in [5.74, 6) is -2.71. The molecule has 0 aromatic rings. The van der Waals surface area contributed by atoms with Crippen LogP contribution in [-0.4, -0.2) is 5.92 Å². The Morgan fingerprint density at radius 3 is 2.67 bits per heavy atom. The van der Waals surface area contributed by atoms with Crippen molar-refractivity contribution in [2.45, 2.75) is 39.0 Å². The van der Waals surface area contributed by atoms with Gasteiger partial charge in [0.05, 0.1) is 5.70 Å². The van der Waals surface area contributed by atoms with Crippen LogP contribution in [0.4, 0.5) is 8.78 Å². The summed E-state index contributed by atoms with van der Waals surface area (Å²) in [6, 6.07) is 0. The lowest BCUT2D eigenvalue weighted by Gasteiger charge is -2.18. The van der Waals surface area contributed by atoms with Crippen molar-refractivity contribution in [3.8, 4) is 0 Å². The van der Waals surface area contributed by atoms with Crippen LogP contribution in [0.25, 0.3) is 0 Å². The molecule has 2 N–H and O–H groups in total. The largest absolute Gasteiger partial charge is 0.397 e. The molecule has 1 aliphatic rings. The molecule has 0 spiro atoms. The van der Waals surface area contributed by atoms with Gasteiger partial charge in [0.1, 0.15) is 0 Å². The summed E-state index contributed by atoms with van der Waals surface area (Å²) in [5, 5.41) is 0. The van der Waals surface area contributed by atoms with E-state index in [1.54, 1.807) is 6.92 Å². The molecule has 1 unspecified atom stereocenters. The van der Waals surface area contributed by atoms with Gasteiger partial charge in [0.15, 0.2) is 0 Å². The highest BCUT2D eigenvalue weighted by atomic mass is 19.3. The van der Waals surface area contributed by atoms with Crippen molar-refractivity contribution < 1.29 is 8.78 Å². The maximum absolute atomic E-state index is 13.2. The third-order valence-electron chi connectivity index (χ3n) is 2.47. The molecule has 3 heteroatoms. The average Bonchev–Trinajstić information content (AvgIpc) is 2.03. The molecule has 1 rings (SSSR count). The van der Waals surface area contributed by atoms with Crippen LogP contribution in [0.2, 0.25) is 0 Å². The molecule has 70 valence electrons. The third-order valence-corrected chi connectivity index (χ3v) is 2.47. The van der Waals surface area contributed by atoms with Crippen LogP contribution in [0.1, 0.15) is 33.1 Å². The van der Waals surface area contributed by atoms with Crippen LogP contribution >= 0.6 is 0 Å². The predicted octanol–water partition coefficient (Wildman–Crippen LogP) is 2.67. The molecule has 0 bridgehead atoms. The molecule has 0 saturated carbocycles. The number of alkyl halides is 2. The zero-order valence-electron chi connectivity index (χ0n) is 7.53. The molecule has 1 atom stereocenters. The smallest absolute Gasteiger partial charge is 0.287 e. The molecule has 0 heterocycles. The summed E-state index contributed by atoms with van der Waals surface area (Å²) in [5.41, 5.74) is 5.80. The average molecular weight is 175 g/mol. The first-order chi connectivity index (χ1) is 5.43. The van der Waals surface area contributed by atoms with Gasteiger partial charge in [0.25, 0.3) is 5.92 Å². The van der Waals surface area contributed by atoms with Gasteiger partial charge in [0.2, 0.25) is 0 Å². The van der Waals surface area contributed by atoms with Crippen molar-refractivity contribution in [2.24, 2.45) is 11.7 Å². The van der Waals surface area contributed by atoms with E-state index in [-0.39, 0.29) is 18.0 Å². The van der Waals surface area contributed by atoms with Crippen LogP contribution in [0, 0.1) is 5.92 Å². The van der Waals surface area contributed by atoms with Crippen molar-refractivity contribution >= 4 is 0 Å². The Morgan fingerprint density at radius 1 is 1.50 bits per heavy atom. The summed E-state index contributed by atoms with van der Waals surface area (Å²) in [6.07, 6.45) is 1.43. The van der Waals surface area contributed by atoms with Gasteiger partial charge in [-0.1, -0.05) is 6.92 Å². The van der Waals surface area contributed by atoms with Gasteiger partial charge in [-0.2, -0.15) is 8.78 Å². The summed E-state index contributed by atoms with van der Waals surface area (Å²) in [6.45, 7) is 3.54. The van der Waals surface area contributed by atoms with Crippen LogP contribution in [0.15, 0.2) is 11.3 Å². The zero-order chi connectivity index (χ0) is 9.35. The molecule has 12 heavy (non-hydrogen) atoms. The van der Waals surface area contributed by atoms with Crippen LogP contribution in [0.3, 0.4) is 0 Å².